The third-order valence-corrected chi connectivity index (χ3v) is 5.21. The SMILES string of the molecule is CCCCCCC(C)N1CCCN(C(=O)c2ccc(C=O)cc2)CC1. The highest BCUT2D eigenvalue weighted by Gasteiger charge is 2.22. The van der Waals surface area contributed by atoms with E-state index >= 15 is 0 Å². The van der Waals surface area contributed by atoms with Crippen LogP contribution in [0.4, 0.5) is 0 Å². The highest BCUT2D eigenvalue weighted by atomic mass is 16.2. The Hall–Kier alpha value is -1.68. The summed E-state index contributed by atoms with van der Waals surface area (Å²) in [6, 6.07) is 7.53. The predicted molar refractivity (Wildman–Crippen MR) is 102 cm³/mol. The van der Waals surface area contributed by atoms with Crippen molar-refractivity contribution in [2.45, 2.75) is 58.4 Å². The molecule has 1 heterocycles. The molecule has 1 amide bonds. The van der Waals surface area contributed by atoms with Gasteiger partial charge in [-0.1, -0.05) is 44.7 Å². The number of rotatable bonds is 8. The lowest BCUT2D eigenvalue weighted by atomic mass is 10.1. The zero-order valence-electron chi connectivity index (χ0n) is 15.7. The Morgan fingerprint density at radius 1 is 1.08 bits per heavy atom. The van der Waals surface area contributed by atoms with Crippen molar-refractivity contribution in [3.05, 3.63) is 35.4 Å². The van der Waals surface area contributed by atoms with E-state index in [1.165, 1.54) is 32.1 Å². The van der Waals surface area contributed by atoms with Gasteiger partial charge in [0.1, 0.15) is 6.29 Å². The summed E-state index contributed by atoms with van der Waals surface area (Å²) in [5.74, 6) is 0.0786. The zero-order chi connectivity index (χ0) is 18.1. The average Bonchev–Trinajstić information content (AvgIpc) is 2.91. The van der Waals surface area contributed by atoms with Gasteiger partial charge in [-0.05, 0) is 31.9 Å². The molecule has 0 bridgehead atoms. The van der Waals surface area contributed by atoms with Crippen LogP contribution in [-0.2, 0) is 0 Å². The van der Waals surface area contributed by atoms with Gasteiger partial charge in [-0.2, -0.15) is 0 Å². The topological polar surface area (TPSA) is 40.6 Å². The van der Waals surface area contributed by atoms with E-state index in [2.05, 4.69) is 18.7 Å². The maximum absolute atomic E-state index is 12.7. The summed E-state index contributed by atoms with van der Waals surface area (Å²) < 4.78 is 0. The van der Waals surface area contributed by atoms with E-state index < -0.39 is 0 Å². The lowest BCUT2D eigenvalue weighted by Crippen LogP contribution is -2.38. The fraction of sp³-hybridized carbons (Fsp3) is 0.619. The minimum absolute atomic E-state index is 0.0786. The Labute approximate surface area is 152 Å². The summed E-state index contributed by atoms with van der Waals surface area (Å²) in [6.45, 7) is 8.19. The Balaban J connectivity index is 1.85. The molecule has 0 aromatic heterocycles. The first-order chi connectivity index (χ1) is 12.2. The van der Waals surface area contributed by atoms with Crippen LogP contribution in [0.1, 0.15) is 73.1 Å². The van der Waals surface area contributed by atoms with Crippen molar-refractivity contribution in [2.75, 3.05) is 26.2 Å². The average molecular weight is 344 g/mol. The third-order valence-electron chi connectivity index (χ3n) is 5.21. The van der Waals surface area contributed by atoms with Crippen LogP contribution in [-0.4, -0.2) is 54.2 Å². The molecule has 4 heteroatoms. The van der Waals surface area contributed by atoms with E-state index in [4.69, 9.17) is 0 Å². The Kier molecular flexibility index (Phi) is 8.13. The molecular weight excluding hydrogens is 312 g/mol. The van der Waals surface area contributed by atoms with Crippen molar-refractivity contribution in [1.29, 1.82) is 0 Å². The zero-order valence-corrected chi connectivity index (χ0v) is 15.7. The number of amides is 1. The Morgan fingerprint density at radius 3 is 2.52 bits per heavy atom. The van der Waals surface area contributed by atoms with Gasteiger partial charge in [0.05, 0.1) is 0 Å². The summed E-state index contributed by atoms with van der Waals surface area (Å²) in [7, 11) is 0. The number of hydrogen-bond acceptors (Lipinski definition) is 3. The molecule has 0 N–H and O–H groups in total. The molecule has 1 saturated heterocycles. The van der Waals surface area contributed by atoms with Gasteiger partial charge in [-0.15, -0.1) is 0 Å². The highest BCUT2D eigenvalue weighted by molar-refractivity contribution is 5.94. The molecule has 25 heavy (non-hydrogen) atoms. The first kappa shape index (κ1) is 19.6. The Morgan fingerprint density at radius 2 is 1.84 bits per heavy atom. The minimum atomic E-state index is 0.0786. The summed E-state index contributed by atoms with van der Waals surface area (Å²) in [6.07, 6.45) is 8.33. The molecule has 138 valence electrons. The second kappa shape index (κ2) is 10.3. The van der Waals surface area contributed by atoms with Gasteiger partial charge in [-0.25, -0.2) is 0 Å². The van der Waals surface area contributed by atoms with E-state index in [0.29, 0.717) is 17.2 Å². The molecule has 1 aromatic rings. The molecule has 0 aliphatic carbocycles. The van der Waals surface area contributed by atoms with E-state index in [-0.39, 0.29) is 5.91 Å². The van der Waals surface area contributed by atoms with Gasteiger partial charge in [-0.3, -0.25) is 14.5 Å². The smallest absolute Gasteiger partial charge is 0.253 e. The van der Waals surface area contributed by atoms with Gasteiger partial charge in [0.25, 0.3) is 5.91 Å². The molecular formula is C21H32N2O2. The Bertz CT molecular complexity index is 541. The standard InChI is InChI=1S/C21H32N2O2/c1-3-4-5-6-8-18(2)22-13-7-14-23(16-15-22)21(25)20-11-9-19(17-24)10-12-20/h9-12,17-18H,3-8,13-16H2,1-2H3. The molecule has 1 unspecified atom stereocenters. The van der Waals surface area contributed by atoms with Crippen LogP contribution in [0, 0.1) is 0 Å². The maximum Gasteiger partial charge on any atom is 0.253 e. The monoisotopic (exact) mass is 344 g/mol. The van der Waals surface area contributed by atoms with E-state index in [0.717, 1.165) is 38.9 Å². The van der Waals surface area contributed by atoms with Gasteiger partial charge < -0.3 is 4.90 Å². The molecule has 0 saturated carbocycles. The largest absolute Gasteiger partial charge is 0.337 e. The highest BCUT2D eigenvalue weighted by Crippen LogP contribution is 2.15. The van der Waals surface area contributed by atoms with Gasteiger partial charge in [0.2, 0.25) is 0 Å². The summed E-state index contributed by atoms with van der Waals surface area (Å²) in [4.78, 5) is 27.9. The van der Waals surface area contributed by atoms with Crippen molar-refractivity contribution >= 4 is 12.2 Å². The second-order valence-electron chi connectivity index (χ2n) is 7.12. The number of carbonyl (C=O) groups is 2. The number of aldehydes is 1. The number of carbonyl (C=O) groups excluding carboxylic acids is 2. The molecule has 1 aliphatic heterocycles. The van der Waals surface area contributed by atoms with Gasteiger partial charge in [0.15, 0.2) is 0 Å². The van der Waals surface area contributed by atoms with Crippen LogP contribution in [0.25, 0.3) is 0 Å². The fourth-order valence-electron chi connectivity index (χ4n) is 3.52. The van der Waals surface area contributed by atoms with Crippen LogP contribution >= 0.6 is 0 Å². The van der Waals surface area contributed by atoms with Crippen LogP contribution < -0.4 is 0 Å². The maximum atomic E-state index is 12.7. The number of benzene rings is 1. The summed E-state index contributed by atoms with van der Waals surface area (Å²) in [5, 5.41) is 0. The number of nitrogens with zero attached hydrogens (tertiary/aromatic N) is 2. The van der Waals surface area contributed by atoms with E-state index in [1.54, 1.807) is 24.3 Å². The van der Waals surface area contributed by atoms with Gasteiger partial charge >= 0.3 is 0 Å². The first-order valence-corrected chi connectivity index (χ1v) is 9.74. The minimum Gasteiger partial charge on any atom is -0.337 e. The van der Waals surface area contributed by atoms with E-state index in [1.807, 2.05) is 4.90 Å². The van der Waals surface area contributed by atoms with Crippen LogP contribution in [0.15, 0.2) is 24.3 Å². The van der Waals surface area contributed by atoms with Crippen molar-refractivity contribution in [1.82, 2.24) is 9.80 Å². The molecule has 2 rings (SSSR count). The molecule has 1 aliphatic rings. The number of hydrogen-bond donors (Lipinski definition) is 0. The quantitative estimate of drug-likeness (QED) is 0.528. The fourth-order valence-corrected chi connectivity index (χ4v) is 3.52. The molecule has 4 nitrogen and oxygen atoms in total. The van der Waals surface area contributed by atoms with Crippen LogP contribution in [0.2, 0.25) is 0 Å². The van der Waals surface area contributed by atoms with Crippen molar-refractivity contribution in [2.24, 2.45) is 0 Å². The molecule has 1 fully saturated rings. The van der Waals surface area contributed by atoms with Gasteiger partial charge in [0, 0.05) is 43.3 Å². The molecule has 1 aromatic carbocycles. The first-order valence-electron chi connectivity index (χ1n) is 9.74. The predicted octanol–water partition coefficient (Wildman–Crippen LogP) is 4.01. The van der Waals surface area contributed by atoms with Crippen molar-refractivity contribution in [3.63, 3.8) is 0 Å². The summed E-state index contributed by atoms with van der Waals surface area (Å²) in [5.41, 5.74) is 1.28. The van der Waals surface area contributed by atoms with Crippen molar-refractivity contribution in [3.8, 4) is 0 Å². The molecule has 0 spiro atoms. The van der Waals surface area contributed by atoms with E-state index in [9.17, 15) is 9.59 Å². The second-order valence-corrected chi connectivity index (χ2v) is 7.12. The number of unbranched alkanes of at least 4 members (excludes halogenated alkanes) is 3. The van der Waals surface area contributed by atoms with Crippen LogP contribution in [0.3, 0.4) is 0 Å². The van der Waals surface area contributed by atoms with Crippen molar-refractivity contribution < 1.29 is 9.59 Å². The normalized spacial score (nSPS) is 17.1. The lowest BCUT2D eigenvalue weighted by molar-refractivity contribution is 0.0758. The lowest BCUT2D eigenvalue weighted by Gasteiger charge is -2.28. The summed E-state index contributed by atoms with van der Waals surface area (Å²) >= 11 is 0. The third kappa shape index (κ3) is 5.96. The molecule has 0 radical (unpaired) electrons. The van der Waals surface area contributed by atoms with Crippen LogP contribution in [0.5, 0.6) is 0 Å². The molecule has 1 atom stereocenters.